The largest absolute Gasteiger partial charge is 0.508 e. The fraction of sp³-hybridized carbons (Fsp3) is 0.319. The van der Waals surface area contributed by atoms with Gasteiger partial charge in [-0.15, -0.1) is 0 Å². The highest BCUT2D eigenvalue weighted by atomic mass is 16.6. The van der Waals surface area contributed by atoms with Gasteiger partial charge in [0.25, 0.3) is 5.56 Å². The first-order valence-electron chi connectivity index (χ1n) is 21.2. The smallest absolute Gasteiger partial charge is 0.410 e. The van der Waals surface area contributed by atoms with Gasteiger partial charge >= 0.3 is 17.8 Å². The lowest BCUT2D eigenvalue weighted by atomic mass is 9.97. The fourth-order valence-electron chi connectivity index (χ4n) is 8.98. The molecule has 4 aromatic heterocycles. The molecule has 0 saturated carbocycles. The number of amides is 1. The van der Waals surface area contributed by atoms with Crippen LogP contribution >= 0.6 is 0 Å². The number of hydrogen-bond acceptors (Lipinski definition) is 12. The van der Waals surface area contributed by atoms with Gasteiger partial charge in [-0.2, -0.15) is 5.10 Å². The maximum Gasteiger partial charge on any atom is 0.410 e. The fourth-order valence-corrected chi connectivity index (χ4v) is 8.98. The molecule has 0 bridgehead atoms. The Bertz CT molecular complexity index is 3160. The molecule has 0 radical (unpaired) electrons. The van der Waals surface area contributed by atoms with Gasteiger partial charge in [-0.3, -0.25) is 4.79 Å². The molecular weight excluding hydrogens is 823 g/mol. The Morgan fingerprint density at radius 1 is 0.953 bits per heavy atom. The standard InChI is InChI=1S/C47H47N7O10/c1-6-26-30-18-25(55)8-9-35(30)48-41-33(26)22-53-38(41)20-31-34(44(53)58)23-63-45(59)42(31)64-47(61)51(5)14-16-62-17-15-52-13-12-28-27(7-2)37(11-10-36(28)52)54-43(49-50-46(54)60)32-19-29(24(3)4)39(56)21-40(32)57/h8-13,18-21,24,42,55-57H,6-7,14-17,22-23H2,1-5H3,(H,50,60). The third-order valence-electron chi connectivity index (χ3n) is 12.3. The van der Waals surface area contributed by atoms with Crippen molar-refractivity contribution >= 4 is 33.9 Å². The van der Waals surface area contributed by atoms with E-state index in [4.69, 9.17) is 19.2 Å². The maximum absolute atomic E-state index is 13.9. The number of nitrogens with one attached hydrogen (secondary N) is 1. The normalized spacial score (nSPS) is 14.2. The molecule has 3 aromatic carbocycles. The molecule has 4 N–H and O–H groups in total. The molecule has 9 rings (SSSR count). The number of carbonyl (C=O) groups excluding carboxylic acids is 2. The van der Waals surface area contributed by atoms with E-state index >= 15 is 0 Å². The number of phenolic OH excluding ortho intramolecular Hbond substituents is 3. The Morgan fingerprint density at radius 2 is 1.75 bits per heavy atom. The molecule has 17 heteroatoms. The van der Waals surface area contributed by atoms with Gasteiger partial charge in [0.1, 0.15) is 23.9 Å². The molecule has 1 atom stereocenters. The number of rotatable bonds is 12. The molecule has 6 heterocycles. The van der Waals surface area contributed by atoms with E-state index in [1.165, 1.54) is 22.6 Å². The lowest BCUT2D eigenvalue weighted by Gasteiger charge is -2.27. The molecule has 1 unspecified atom stereocenters. The number of nitrogens with zero attached hydrogens (tertiary/aromatic N) is 6. The molecule has 0 spiro atoms. The Morgan fingerprint density at radius 3 is 2.52 bits per heavy atom. The van der Waals surface area contributed by atoms with Crippen LogP contribution in [0.25, 0.3) is 50.3 Å². The lowest BCUT2D eigenvalue weighted by Crippen LogP contribution is -2.37. The molecular formula is C47H47N7O10. The number of aromatic nitrogens is 6. The summed E-state index contributed by atoms with van der Waals surface area (Å²) in [6.07, 6.45) is 0.914. The second kappa shape index (κ2) is 16.4. The van der Waals surface area contributed by atoms with Crippen molar-refractivity contribution in [1.82, 2.24) is 33.8 Å². The number of fused-ring (bicyclic) bond motifs is 6. The van der Waals surface area contributed by atoms with Gasteiger partial charge in [-0.25, -0.2) is 29.0 Å². The van der Waals surface area contributed by atoms with Crippen molar-refractivity contribution in [3.05, 3.63) is 115 Å². The van der Waals surface area contributed by atoms with Gasteiger partial charge in [0.2, 0.25) is 6.10 Å². The van der Waals surface area contributed by atoms with E-state index in [2.05, 4.69) is 10.2 Å². The molecule has 2 aliphatic heterocycles. The van der Waals surface area contributed by atoms with Gasteiger partial charge < -0.3 is 43.6 Å². The number of pyridine rings is 2. The number of likely N-dealkylation sites (N-methyl/N-ethyl adjacent to an activating group) is 1. The first-order chi connectivity index (χ1) is 30.8. The molecule has 0 aliphatic carbocycles. The zero-order valence-corrected chi connectivity index (χ0v) is 36.0. The predicted molar refractivity (Wildman–Crippen MR) is 236 cm³/mol. The summed E-state index contributed by atoms with van der Waals surface area (Å²) >= 11 is 0. The van der Waals surface area contributed by atoms with Crippen molar-refractivity contribution in [2.75, 3.05) is 26.8 Å². The zero-order valence-electron chi connectivity index (χ0n) is 36.0. The molecule has 64 heavy (non-hydrogen) atoms. The van der Waals surface area contributed by atoms with Gasteiger partial charge in [0.15, 0.2) is 5.82 Å². The number of aromatic hydroxyl groups is 3. The van der Waals surface area contributed by atoms with Crippen LogP contribution in [-0.2, 0) is 51.5 Å². The van der Waals surface area contributed by atoms with E-state index in [9.17, 15) is 34.5 Å². The summed E-state index contributed by atoms with van der Waals surface area (Å²) in [5, 5.41) is 39.9. The van der Waals surface area contributed by atoms with Crippen LogP contribution < -0.4 is 11.2 Å². The number of benzene rings is 3. The number of cyclic esters (lactones) is 1. The molecule has 0 saturated heterocycles. The molecule has 2 aliphatic rings. The minimum Gasteiger partial charge on any atom is -0.508 e. The highest BCUT2D eigenvalue weighted by Gasteiger charge is 2.38. The number of phenols is 3. The van der Waals surface area contributed by atoms with Crippen LogP contribution in [0.1, 0.15) is 73.1 Å². The van der Waals surface area contributed by atoms with E-state index in [-0.39, 0.29) is 72.0 Å². The van der Waals surface area contributed by atoms with Crippen molar-refractivity contribution in [2.24, 2.45) is 0 Å². The first-order valence-corrected chi connectivity index (χ1v) is 21.2. The monoisotopic (exact) mass is 869 g/mol. The zero-order chi connectivity index (χ0) is 45.1. The predicted octanol–water partition coefficient (Wildman–Crippen LogP) is 6.17. The van der Waals surface area contributed by atoms with Gasteiger partial charge in [-0.05, 0) is 84.0 Å². The minimum atomic E-state index is -1.46. The number of ether oxygens (including phenoxy) is 3. The highest BCUT2D eigenvalue weighted by Crippen LogP contribution is 2.41. The summed E-state index contributed by atoms with van der Waals surface area (Å²) < 4.78 is 22.1. The summed E-state index contributed by atoms with van der Waals surface area (Å²) in [5.74, 6) is -0.729. The lowest BCUT2D eigenvalue weighted by molar-refractivity contribution is -0.158. The second-order valence-corrected chi connectivity index (χ2v) is 16.4. The van der Waals surface area contributed by atoms with Crippen LogP contribution in [0, 0.1) is 0 Å². The second-order valence-electron chi connectivity index (χ2n) is 16.4. The summed E-state index contributed by atoms with van der Waals surface area (Å²) in [6, 6.07) is 15.3. The Balaban J connectivity index is 0.863. The summed E-state index contributed by atoms with van der Waals surface area (Å²) in [7, 11) is 1.53. The molecule has 330 valence electrons. The molecule has 0 fully saturated rings. The van der Waals surface area contributed by atoms with Crippen molar-refractivity contribution in [1.29, 1.82) is 0 Å². The molecule has 7 aromatic rings. The van der Waals surface area contributed by atoms with E-state index in [1.807, 2.05) is 56.7 Å². The number of esters is 1. The van der Waals surface area contributed by atoms with Crippen LogP contribution in [0.15, 0.2) is 70.4 Å². The Hall–Kier alpha value is -7.40. The van der Waals surface area contributed by atoms with E-state index in [0.29, 0.717) is 59.7 Å². The van der Waals surface area contributed by atoms with Gasteiger partial charge in [-0.1, -0.05) is 27.7 Å². The third-order valence-corrected chi connectivity index (χ3v) is 12.3. The number of carbonyl (C=O) groups is 2. The number of aryl methyl sites for hydroxylation is 2. The molecule has 17 nitrogen and oxygen atoms in total. The maximum atomic E-state index is 13.9. The Kier molecular flexibility index (Phi) is 10.7. The van der Waals surface area contributed by atoms with Crippen LogP contribution in [0.3, 0.4) is 0 Å². The topological polar surface area (TPSA) is 216 Å². The summed E-state index contributed by atoms with van der Waals surface area (Å²) in [4.78, 5) is 59.8. The molecule has 1 amide bonds. The van der Waals surface area contributed by atoms with E-state index in [1.54, 1.807) is 34.9 Å². The van der Waals surface area contributed by atoms with E-state index in [0.717, 1.165) is 33.0 Å². The van der Waals surface area contributed by atoms with E-state index < -0.39 is 23.9 Å². The minimum absolute atomic E-state index is 0.0388. The summed E-state index contributed by atoms with van der Waals surface area (Å²) in [6.45, 7) is 8.96. The van der Waals surface area contributed by atoms with Crippen LogP contribution in [-0.4, -0.2) is 88.0 Å². The van der Waals surface area contributed by atoms with Crippen LogP contribution in [0.2, 0.25) is 0 Å². The van der Waals surface area contributed by atoms with Crippen molar-refractivity contribution in [3.8, 4) is 45.7 Å². The number of hydrogen-bond donors (Lipinski definition) is 4. The van der Waals surface area contributed by atoms with Crippen LogP contribution in [0.5, 0.6) is 17.2 Å². The van der Waals surface area contributed by atoms with Crippen LogP contribution in [0.4, 0.5) is 4.79 Å². The average Bonchev–Trinajstić information content (AvgIpc) is 3.98. The van der Waals surface area contributed by atoms with Gasteiger partial charge in [0, 0.05) is 59.8 Å². The average molecular weight is 870 g/mol. The van der Waals surface area contributed by atoms with Gasteiger partial charge in [0.05, 0.1) is 53.5 Å². The number of aromatic amines is 1. The first kappa shape index (κ1) is 41.9. The SMILES string of the molecule is CCc1c2c(nc3ccc(O)cc13)-c1cc3c(c(=O)n1C2)COC(=O)C3OC(=O)N(C)CCOCCn1ccc2c(CC)c(-n3c(-c4cc(C(C)C)c(O)cc4O)n[nH]c3=O)ccc21. The van der Waals surface area contributed by atoms with Crippen molar-refractivity contribution < 1.29 is 39.1 Å². The van der Waals surface area contributed by atoms with Crippen molar-refractivity contribution in [3.63, 3.8) is 0 Å². The quantitative estimate of drug-likeness (QED) is 0.0801. The third kappa shape index (κ3) is 7.01. The Labute approximate surface area is 365 Å². The number of H-pyrrole nitrogens is 1. The summed E-state index contributed by atoms with van der Waals surface area (Å²) in [5.41, 5.74) is 6.60. The van der Waals surface area contributed by atoms with Crippen molar-refractivity contribution in [2.45, 2.75) is 72.3 Å². The highest BCUT2D eigenvalue weighted by molar-refractivity contribution is 5.90.